The molecule has 2 aromatic rings. The highest BCUT2D eigenvalue weighted by Gasteiger charge is 2.31. The Morgan fingerprint density at radius 2 is 1.27 bits per heavy atom. The third-order valence-corrected chi connectivity index (χ3v) is 4.06. The van der Waals surface area contributed by atoms with E-state index in [4.69, 9.17) is 15.3 Å². The molecule has 0 spiro atoms. The predicted octanol–water partition coefficient (Wildman–Crippen LogP) is 0.813. The maximum Gasteiger partial charge on any atom is 0.346 e. The summed E-state index contributed by atoms with van der Waals surface area (Å²) in [6, 6.07) is 8.46. The van der Waals surface area contributed by atoms with Crippen molar-refractivity contribution in [3.05, 3.63) is 69.8 Å². The Bertz CT molecular complexity index is 1050. The maximum atomic E-state index is 12.4. The minimum absolute atomic E-state index is 0.176. The van der Waals surface area contributed by atoms with Gasteiger partial charge in [-0.15, -0.1) is 4.68 Å². The van der Waals surface area contributed by atoms with Gasteiger partial charge < -0.3 is 9.47 Å². The molecule has 0 saturated heterocycles. The molecular weight excluding hydrogens is 340 g/mol. The molecule has 0 radical (unpaired) electrons. The minimum atomic E-state index is -1.02. The molecular formula is C18H11N2O6+. The Morgan fingerprint density at radius 3 is 1.92 bits per heavy atom. The van der Waals surface area contributed by atoms with Gasteiger partial charge in [0.05, 0.1) is 22.3 Å². The lowest BCUT2D eigenvalue weighted by Gasteiger charge is -2.14. The molecule has 4 bridgehead atoms. The molecule has 8 heteroatoms. The molecule has 2 aliphatic heterocycles. The number of nitrogens with two attached hydrogens (primary N) is 1. The summed E-state index contributed by atoms with van der Waals surface area (Å²) in [6.45, 7) is 0.236. The van der Waals surface area contributed by atoms with Gasteiger partial charge in [0.15, 0.2) is 6.54 Å². The molecule has 8 nitrogen and oxygen atoms in total. The molecule has 26 heavy (non-hydrogen) atoms. The van der Waals surface area contributed by atoms with E-state index < -0.39 is 23.9 Å². The van der Waals surface area contributed by atoms with Crippen molar-refractivity contribution >= 4 is 30.1 Å². The van der Waals surface area contributed by atoms with E-state index in [0.29, 0.717) is 11.1 Å². The second-order valence-corrected chi connectivity index (χ2v) is 5.84. The number of fused-ring (bicyclic) bond motifs is 4. The zero-order chi connectivity index (χ0) is 18.4. The van der Waals surface area contributed by atoms with E-state index in [-0.39, 0.29) is 28.8 Å². The minimum Gasteiger partial charge on any atom is -0.386 e. The van der Waals surface area contributed by atoms with Crippen molar-refractivity contribution in [2.75, 3.05) is 0 Å². The number of ether oxygens (including phenoxy) is 2. The van der Waals surface area contributed by atoms with Crippen LogP contribution in [0.2, 0.25) is 0 Å². The van der Waals surface area contributed by atoms with E-state index in [1.807, 2.05) is 0 Å². The summed E-state index contributed by atoms with van der Waals surface area (Å²) >= 11 is 0. The first-order chi connectivity index (χ1) is 12.4. The molecule has 0 aliphatic carbocycles. The van der Waals surface area contributed by atoms with E-state index in [1.165, 1.54) is 35.0 Å². The zero-order valence-electron chi connectivity index (χ0n) is 13.2. The highest BCUT2D eigenvalue weighted by molar-refractivity contribution is 6.15. The molecule has 2 heterocycles. The number of hydrogen-bond donors (Lipinski definition) is 1. The first-order valence-corrected chi connectivity index (χ1v) is 7.58. The highest BCUT2D eigenvalue weighted by atomic mass is 16.6. The molecule has 128 valence electrons. The first kappa shape index (κ1) is 15.7. The molecule has 0 unspecified atom stereocenters. The molecule has 0 saturated carbocycles. The second-order valence-electron chi connectivity index (χ2n) is 5.84. The lowest BCUT2D eigenvalue weighted by Crippen LogP contribution is -2.26. The van der Waals surface area contributed by atoms with Crippen LogP contribution in [0.5, 0.6) is 0 Å². The quantitative estimate of drug-likeness (QED) is 0.323. The Labute approximate surface area is 146 Å². The molecule has 2 N–H and O–H groups in total. The van der Waals surface area contributed by atoms with Crippen LogP contribution in [-0.2, 0) is 16.0 Å². The third kappa shape index (κ3) is 2.53. The van der Waals surface area contributed by atoms with Gasteiger partial charge in [0.25, 0.3) is 0 Å². The van der Waals surface area contributed by atoms with Crippen LogP contribution in [0.1, 0.15) is 52.6 Å². The van der Waals surface area contributed by atoms with Crippen LogP contribution >= 0.6 is 0 Å². The van der Waals surface area contributed by atoms with Gasteiger partial charge in [0, 0.05) is 11.1 Å². The van der Waals surface area contributed by atoms with Gasteiger partial charge in [-0.3, -0.25) is 0 Å². The molecule has 0 aromatic heterocycles. The number of nitrogens with zero attached hydrogens (tertiary/aromatic N) is 1. The summed E-state index contributed by atoms with van der Waals surface area (Å²) in [5.41, 5.74) is 0.365. The van der Waals surface area contributed by atoms with Crippen molar-refractivity contribution in [1.29, 1.82) is 0 Å². The van der Waals surface area contributed by atoms with Gasteiger partial charge in [-0.05, 0) is 30.3 Å². The Balaban J connectivity index is 2.08. The van der Waals surface area contributed by atoms with Crippen LogP contribution in [0.4, 0.5) is 0 Å². The number of esters is 4. The molecule has 4 rings (SSSR count). The van der Waals surface area contributed by atoms with E-state index >= 15 is 0 Å². The van der Waals surface area contributed by atoms with Crippen molar-refractivity contribution in [1.82, 2.24) is 0 Å². The number of cyclic esters (lactones) is 2. The molecule has 0 fully saturated rings. The standard InChI is InChI=1S/C18H10N2O6/c19-20-7-9-1-3-11-13(5-9)17(23)26-18(24)14-6-10(8-20)2-4-12(14)16(22)25-15(11)21/h1-7H,8H2,(H-,19,21)/p+1. The fourth-order valence-corrected chi connectivity index (χ4v) is 2.86. The van der Waals surface area contributed by atoms with E-state index in [0.717, 1.165) is 0 Å². The topological polar surface area (TPSA) is 116 Å². The molecule has 0 amide bonds. The molecule has 0 atom stereocenters. The predicted molar refractivity (Wildman–Crippen MR) is 85.7 cm³/mol. The lowest BCUT2D eigenvalue weighted by atomic mass is 10.0. The number of hydrazone groups is 1. The summed E-state index contributed by atoms with van der Waals surface area (Å²) in [5, 5.41) is 0. The van der Waals surface area contributed by atoms with Gasteiger partial charge in [0.2, 0.25) is 6.21 Å². The third-order valence-electron chi connectivity index (χ3n) is 4.06. The van der Waals surface area contributed by atoms with Crippen molar-refractivity contribution < 1.29 is 33.3 Å². The zero-order valence-corrected chi connectivity index (χ0v) is 13.2. The number of rotatable bonds is 0. The number of hydrazine groups is 1. The lowest BCUT2D eigenvalue weighted by molar-refractivity contribution is -0.550. The van der Waals surface area contributed by atoms with E-state index in [1.54, 1.807) is 12.3 Å². The smallest absolute Gasteiger partial charge is 0.346 e. The Morgan fingerprint density at radius 1 is 0.731 bits per heavy atom. The van der Waals surface area contributed by atoms with Crippen LogP contribution in [0.25, 0.3) is 0 Å². The Hall–Kier alpha value is -3.81. The fraction of sp³-hybridized carbons (Fsp3) is 0.0556. The summed E-state index contributed by atoms with van der Waals surface area (Å²) in [5.74, 6) is 1.91. The monoisotopic (exact) mass is 351 g/mol. The van der Waals surface area contributed by atoms with Gasteiger partial charge in [0.1, 0.15) is 0 Å². The summed E-state index contributed by atoms with van der Waals surface area (Å²) in [4.78, 5) is 49.5. The van der Waals surface area contributed by atoms with Crippen molar-refractivity contribution in [3.63, 3.8) is 0 Å². The van der Waals surface area contributed by atoms with Crippen LogP contribution < -0.4 is 5.84 Å². The van der Waals surface area contributed by atoms with Crippen LogP contribution in [-0.4, -0.2) is 34.8 Å². The SMILES string of the molecule is N[N+]1=Cc2ccc3c(c2)C(=O)OC(=O)c2cc(ccc2C(=O)OC3=O)C1. The maximum absolute atomic E-state index is 12.4. The van der Waals surface area contributed by atoms with Gasteiger partial charge in [-0.2, -0.15) is 0 Å². The fourth-order valence-electron chi connectivity index (χ4n) is 2.86. The van der Waals surface area contributed by atoms with Crippen molar-refractivity contribution in [2.45, 2.75) is 6.54 Å². The summed E-state index contributed by atoms with van der Waals surface area (Å²) in [7, 11) is 0. The Kier molecular flexibility index (Phi) is 3.40. The number of carbonyl (C=O) groups excluding carboxylic acids is 4. The average Bonchev–Trinajstić information content (AvgIpc) is 2.59. The van der Waals surface area contributed by atoms with Crippen molar-refractivity contribution in [2.24, 2.45) is 5.84 Å². The van der Waals surface area contributed by atoms with E-state index in [9.17, 15) is 19.2 Å². The van der Waals surface area contributed by atoms with Gasteiger partial charge in [-0.1, -0.05) is 6.07 Å². The van der Waals surface area contributed by atoms with Gasteiger partial charge >= 0.3 is 23.9 Å². The van der Waals surface area contributed by atoms with Crippen molar-refractivity contribution in [3.8, 4) is 0 Å². The first-order valence-electron chi connectivity index (χ1n) is 7.58. The largest absolute Gasteiger partial charge is 0.386 e. The van der Waals surface area contributed by atoms with Crippen LogP contribution in [0.3, 0.4) is 0 Å². The van der Waals surface area contributed by atoms with E-state index in [2.05, 4.69) is 0 Å². The average molecular weight is 351 g/mol. The van der Waals surface area contributed by atoms with Crippen LogP contribution in [0.15, 0.2) is 36.4 Å². The second kappa shape index (κ2) is 5.62. The van der Waals surface area contributed by atoms with Crippen LogP contribution in [0, 0.1) is 0 Å². The number of benzene rings is 2. The molecule has 2 aromatic carbocycles. The summed E-state index contributed by atoms with van der Waals surface area (Å²) < 4.78 is 11.1. The van der Waals surface area contributed by atoms with Gasteiger partial charge in [-0.25, -0.2) is 25.0 Å². The number of carbonyl (C=O) groups is 4. The highest BCUT2D eigenvalue weighted by Crippen LogP contribution is 2.22. The normalized spacial score (nSPS) is 16.1. The summed E-state index contributed by atoms with van der Waals surface area (Å²) in [6.07, 6.45) is 1.57. The molecule has 2 aliphatic rings. The number of hydrogen-bond acceptors (Lipinski definition) is 7.